The van der Waals surface area contributed by atoms with Crippen LogP contribution in [0.2, 0.25) is 0 Å². The summed E-state index contributed by atoms with van der Waals surface area (Å²) in [7, 11) is 1.69. The van der Waals surface area contributed by atoms with E-state index in [1.54, 1.807) is 7.11 Å². The van der Waals surface area contributed by atoms with Crippen LogP contribution in [0.15, 0.2) is 42.7 Å². The van der Waals surface area contributed by atoms with Gasteiger partial charge in [-0.05, 0) is 61.7 Å². The first-order valence-corrected chi connectivity index (χ1v) is 8.70. The molecule has 3 nitrogen and oxygen atoms in total. The van der Waals surface area contributed by atoms with Gasteiger partial charge in [-0.25, -0.2) is 4.57 Å². The van der Waals surface area contributed by atoms with Crippen LogP contribution in [0.25, 0.3) is 5.69 Å². The molecular formula is C22H27N2O+. The van der Waals surface area contributed by atoms with Crippen molar-refractivity contribution < 1.29 is 9.30 Å². The summed E-state index contributed by atoms with van der Waals surface area (Å²) in [6.07, 6.45) is 2.20. The topological polar surface area (TPSA) is 18.0 Å². The van der Waals surface area contributed by atoms with Crippen LogP contribution < -0.4 is 9.30 Å². The number of hydrogen-bond donors (Lipinski definition) is 0. The molecule has 3 rings (SSSR count). The number of aryl methyl sites for hydroxylation is 3. The first-order valence-electron chi connectivity index (χ1n) is 8.70. The molecule has 0 fully saturated rings. The number of aromatic nitrogens is 2. The number of methoxy groups -OCH3 is 1. The minimum absolute atomic E-state index is 0.879. The van der Waals surface area contributed by atoms with E-state index in [2.05, 4.69) is 74.3 Å². The molecule has 1 heterocycles. The molecule has 0 spiro atoms. The Bertz CT molecular complexity index is 882. The van der Waals surface area contributed by atoms with E-state index < -0.39 is 0 Å². The van der Waals surface area contributed by atoms with Crippen LogP contribution in [-0.2, 0) is 6.54 Å². The molecule has 3 heteroatoms. The Hall–Kier alpha value is -2.55. The highest BCUT2D eigenvalue weighted by molar-refractivity contribution is 5.39. The molecule has 0 atom stereocenters. The lowest BCUT2D eigenvalue weighted by Crippen LogP contribution is -2.36. The highest BCUT2D eigenvalue weighted by Crippen LogP contribution is 2.19. The molecule has 2 aromatic carbocycles. The molecule has 0 saturated carbocycles. The maximum atomic E-state index is 5.26. The van der Waals surface area contributed by atoms with Crippen LogP contribution >= 0.6 is 0 Å². The average molecular weight is 335 g/mol. The largest absolute Gasteiger partial charge is 0.497 e. The number of nitrogens with zero attached hydrogens (tertiary/aromatic N) is 2. The summed E-state index contributed by atoms with van der Waals surface area (Å²) >= 11 is 0. The van der Waals surface area contributed by atoms with Crippen molar-refractivity contribution in [1.82, 2.24) is 4.57 Å². The van der Waals surface area contributed by atoms with Crippen LogP contribution in [-0.4, -0.2) is 11.7 Å². The Morgan fingerprint density at radius 3 is 2.08 bits per heavy atom. The fourth-order valence-corrected chi connectivity index (χ4v) is 3.49. The van der Waals surface area contributed by atoms with E-state index in [1.165, 1.54) is 33.6 Å². The maximum absolute atomic E-state index is 5.26. The molecule has 0 aliphatic heterocycles. The zero-order chi connectivity index (χ0) is 18.1. The maximum Gasteiger partial charge on any atom is 0.249 e. The number of benzene rings is 2. The summed E-state index contributed by atoms with van der Waals surface area (Å²) in [5.41, 5.74) is 9.15. The molecule has 1 aromatic heterocycles. The molecule has 0 saturated heterocycles. The van der Waals surface area contributed by atoms with Crippen LogP contribution in [0.1, 0.15) is 33.6 Å². The molecule has 25 heavy (non-hydrogen) atoms. The number of ether oxygens (including phenoxy) is 1. The van der Waals surface area contributed by atoms with Gasteiger partial charge < -0.3 is 4.74 Å². The molecule has 3 aromatic rings. The molecule has 0 radical (unpaired) electrons. The fraction of sp³-hybridized carbons (Fsp3) is 0.318. The van der Waals surface area contributed by atoms with E-state index in [-0.39, 0.29) is 0 Å². The predicted octanol–water partition coefficient (Wildman–Crippen LogP) is 4.36. The minimum atomic E-state index is 0.879. The Labute approximate surface area is 150 Å². The molecule has 0 aliphatic rings. The van der Waals surface area contributed by atoms with Crippen molar-refractivity contribution in [2.45, 2.75) is 41.2 Å². The smallest absolute Gasteiger partial charge is 0.249 e. The van der Waals surface area contributed by atoms with Gasteiger partial charge in [-0.1, -0.05) is 17.7 Å². The van der Waals surface area contributed by atoms with E-state index in [0.717, 1.165) is 18.0 Å². The molecule has 0 aliphatic carbocycles. The van der Waals surface area contributed by atoms with E-state index >= 15 is 0 Å². The second kappa shape index (κ2) is 6.75. The fourth-order valence-electron chi connectivity index (χ4n) is 3.49. The molecule has 0 amide bonds. The highest BCUT2D eigenvalue weighted by Gasteiger charge is 2.19. The normalized spacial score (nSPS) is 11.0. The third kappa shape index (κ3) is 3.32. The van der Waals surface area contributed by atoms with Crippen molar-refractivity contribution >= 4 is 0 Å². The van der Waals surface area contributed by atoms with Crippen LogP contribution in [0.4, 0.5) is 0 Å². The lowest BCUT2D eigenvalue weighted by molar-refractivity contribution is -0.693. The van der Waals surface area contributed by atoms with E-state index in [0.29, 0.717) is 0 Å². The third-order valence-corrected chi connectivity index (χ3v) is 5.09. The summed E-state index contributed by atoms with van der Waals surface area (Å²) in [5.74, 6) is 0.879. The molecular weight excluding hydrogens is 308 g/mol. The molecule has 0 bridgehead atoms. The van der Waals surface area contributed by atoms with Crippen molar-refractivity contribution in [2.75, 3.05) is 7.11 Å². The molecule has 0 unspecified atom stereocenters. The lowest BCUT2D eigenvalue weighted by atomic mass is 10.00. The summed E-state index contributed by atoms with van der Waals surface area (Å²) in [5, 5.41) is 0. The zero-order valence-electron chi connectivity index (χ0n) is 16.1. The first kappa shape index (κ1) is 17.3. The Morgan fingerprint density at radius 1 is 0.920 bits per heavy atom. The van der Waals surface area contributed by atoms with Gasteiger partial charge in [0.25, 0.3) is 0 Å². The molecule has 130 valence electrons. The average Bonchev–Trinajstić information content (AvgIpc) is 2.86. The van der Waals surface area contributed by atoms with Crippen LogP contribution in [0.3, 0.4) is 0 Å². The Kier molecular flexibility index (Phi) is 4.67. The Morgan fingerprint density at radius 2 is 1.52 bits per heavy atom. The predicted molar refractivity (Wildman–Crippen MR) is 102 cm³/mol. The summed E-state index contributed by atoms with van der Waals surface area (Å²) in [6, 6.07) is 12.7. The number of hydrogen-bond acceptors (Lipinski definition) is 1. The van der Waals surface area contributed by atoms with Gasteiger partial charge in [0.1, 0.15) is 29.4 Å². The monoisotopic (exact) mass is 335 g/mol. The van der Waals surface area contributed by atoms with Gasteiger partial charge in [0.2, 0.25) is 6.33 Å². The van der Waals surface area contributed by atoms with Gasteiger partial charge >= 0.3 is 0 Å². The number of imidazole rings is 1. The van der Waals surface area contributed by atoms with Gasteiger partial charge in [0.15, 0.2) is 0 Å². The van der Waals surface area contributed by atoms with Crippen molar-refractivity contribution in [2.24, 2.45) is 0 Å². The third-order valence-electron chi connectivity index (χ3n) is 5.09. The van der Waals surface area contributed by atoms with Gasteiger partial charge in [0, 0.05) is 13.8 Å². The van der Waals surface area contributed by atoms with E-state index in [4.69, 9.17) is 4.74 Å². The van der Waals surface area contributed by atoms with Crippen molar-refractivity contribution in [3.8, 4) is 11.4 Å². The highest BCUT2D eigenvalue weighted by atomic mass is 16.5. The summed E-state index contributed by atoms with van der Waals surface area (Å²) < 4.78 is 9.85. The second-order valence-corrected chi connectivity index (χ2v) is 6.86. The SMILES string of the molecule is COc1ccc(-n2c[n+](Cc3c(C)cc(C)cc3C)c(C)c2C)cc1. The van der Waals surface area contributed by atoms with Crippen LogP contribution in [0.5, 0.6) is 5.75 Å². The number of rotatable bonds is 4. The first-order chi connectivity index (χ1) is 11.9. The van der Waals surface area contributed by atoms with Crippen molar-refractivity contribution in [1.29, 1.82) is 0 Å². The van der Waals surface area contributed by atoms with Gasteiger partial charge in [-0.15, -0.1) is 0 Å². The van der Waals surface area contributed by atoms with Gasteiger partial charge in [-0.3, -0.25) is 0 Å². The van der Waals surface area contributed by atoms with E-state index in [9.17, 15) is 0 Å². The standard InChI is InChI=1S/C22H27N2O/c1-15-11-16(2)22(17(3)12-15)13-23-14-24(19(5)18(23)4)20-7-9-21(25-6)10-8-20/h7-12,14H,13H2,1-6H3/q+1. The second-order valence-electron chi connectivity index (χ2n) is 6.86. The van der Waals surface area contributed by atoms with Gasteiger partial charge in [0.05, 0.1) is 7.11 Å². The van der Waals surface area contributed by atoms with Gasteiger partial charge in [-0.2, -0.15) is 4.57 Å². The van der Waals surface area contributed by atoms with Crippen LogP contribution in [0, 0.1) is 34.6 Å². The van der Waals surface area contributed by atoms with Crippen molar-refractivity contribution in [3.05, 3.63) is 76.4 Å². The summed E-state index contributed by atoms with van der Waals surface area (Å²) in [6.45, 7) is 11.8. The molecule has 0 N–H and O–H groups in total. The van der Waals surface area contributed by atoms with Crippen molar-refractivity contribution in [3.63, 3.8) is 0 Å². The zero-order valence-corrected chi connectivity index (χ0v) is 16.1. The summed E-state index contributed by atoms with van der Waals surface area (Å²) in [4.78, 5) is 0. The minimum Gasteiger partial charge on any atom is -0.497 e. The quantitative estimate of drug-likeness (QED) is 0.648. The Balaban J connectivity index is 1.99. The lowest BCUT2D eigenvalue weighted by Gasteiger charge is -2.10. The van der Waals surface area contributed by atoms with E-state index in [1.807, 2.05) is 12.1 Å².